The molecule has 3 heteroatoms. The zero-order valence-corrected chi connectivity index (χ0v) is 5.31. The standard InChI is InChI=1S/C4H5NS2/c6-4-2-1-3-7-5-4/h1-2H,3H2,(H,5,6). The summed E-state index contributed by atoms with van der Waals surface area (Å²) in [5, 5.41) is 0. The number of hydrogen-bond acceptors (Lipinski definition) is 2. The average molecular weight is 131 g/mol. The van der Waals surface area contributed by atoms with Gasteiger partial charge in [0.2, 0.25) is 0 Å². The lowest BCUT2D eigenvalue weighted by atomic mass is 10.5. The molecule has 7 heavy (non-hydrogen) atoms. The molecule has 0 saturated carbocycles. The summed E-state index contributed by atoms with van der Waals surface area (Å²) in [7, 11) is 0. The van der Waals surface area contributed by atoms with Crippen LogP contribution < -0.4 is 4.72 Å². The van der Waals surface area contributed by atoms with Gasteiger partial charge in [-0.3, -0.25) is 0 Å². The zero-order valence-electron chi connectivity index (χ0n) is 3.68. The number of rotatable bonds is 0. The van der Waals surface area contributed by atoms with E-state index in [0.717, 1.165) is 10.7 Å². The second-order valence-corrected chi connectivity index (χ2v) is 2.45. The van der Waals surface area contributed by atoms with Gasteiger partial charge in [0.1, 0.15) is 4.99 Å². The van der Waals surface area contributed by atoms with Crippen LogP contribution in [0.4, 0.5) is 0 Å². The minimum absolute atomic E-state index is 0.830. The molecule has 0 amide bonds. The summed E-state index contributed by atoms with van der Waals surface area (Å²) >= 11 is 6.41. The lowest BCUT2D eigenvalue weighted by Crippen LogP contribution is -2.13. The van der Waals surface area contributed by atoms with E-state index in [1.807, 2.05) is 12.2 Å². The van der Waals surface area contributed by atoms with E-state index < -0.39 is 0 Å². The normalized spacial score (nSPS) is 19.1. The first-order valence-electron chi connectivity index (χ1n) is 1.98. The molecular weight excluding hydrogens is 126 g/mol. The molecule has 0 atom stereocenters. The fourth-order valence-corrected chi connectivity index (χ4v) is 1.11. The van der Waals surface area contributed by atoms with E-state index in [4.69, 9.17) is 12.2 Å². The summed E-state index contributed by atoms with van der Waals surface area (Å²) < 4.78 is 2.94. The lowest BCUT2D eigenvalue weighted by Gasteiger charge is -2.04. The van der Waals surface area contributed by atoms with Crippen LogP contribution in [0, 0.1) is 0 Å². The highest BCUT2D eigenvalue weighted by Gasteiger charge is 1.92. The molecule has 0 aromatic heterocycles. The largest absolute Gasteiger partial charge is 0.321 e. The summed E-state index contributed by atoms with van der Waals surface area (Å²) in [5.74, 6) is 1.03. The van der Waals surface area contributed by atoms with Gasteiger partial charge in [-0.1, -0.05) is 18.3 Å². The molecule has 0 aromatic rings. The third-order valence-corrected chi connectivity index (χ3v) is 1.71. The van der Waals surface area contributed by atoms with Crippen LogP contribution in [-0.2, 0) is 0 Å². The molecule has 0 bridgehead atoms. The van der Waals surface area contributed by atoms with Gasteiger partial charge in [-0.2, -0.15) is 0 Å². The molecule has 38 valence electrons. The van der Waals surface area contributed by atoms with Crippen molar-refractivity contribution in [3.05, 3.63) is 12.2 Å². The SMILES string of the molecule is S=C1C=CCSN1. The molecule has 0 aliphatic carbocycles. The molecule has 1 aliphatic rings. The molecule has 1 nitrogen and oxygen atoms in total. The van der Waals surface area contributed by atoms with Gasteiger partial charge in [-0.25, -0.2) is 0 Å². The maximum atomic E-state index is 4.79. The van der Waals surface area contributed by atoms with Gasteiger partial charge in [0.25, 0.3) is 0 Å². The van der Waals surface area contributed by atoms with Gasteiger partial charge in [0, 0.05) is 5.75 Å². The second-order valence-electron chi connectivity index (χ2n) is 1.18. The molecule has 1 heterocycles. The highest BCUT2D eigenvalue weighted by molar-refractivity contribution is 7.99. The Balaban J connectivity index is 2.51. The van der Waals surface area contributed by atoms with Crippen molar-refractivity contribution in [3.8, 4) is 0 Å². The molecule has 1 aliphatic heterocycles. The maximum absolute atomic E-state index is 4.79. The summed E-state index contributed by atoms with van der Waals surface area (Å²) in [5.41, 5.74) is 0. The van der Waals surface area contributed by atoms with Gasteiger partial charge < -0.3 is 4.72 Å². The predicted octanol–water partition coefficient (Wildman–Crippen LogP) is 1.12. The van der Waals surface area contributed by atoms with E-state index in [0.29, 0.717) is 0 Å². The van der Waals surface area contributed by atoms with Crippen LogP contribution in [-0.4, -0.2) is 10.7 Å². The number of hydrogen-bond donors (Lipinski definition) is 1. The smallest absolute Gasteiger partial charge is 0.108 e. The summed E-state index contributed by atoms with van der Waals surface area (Å²) in [4.78, 5) is 0.830. The third kappa shape index (κ3) is 1.49. The van der Waals surface area contributed by atoms with E-state index in [9.17, 15) is 0 Å². The number of thiocarbonyl (C=S) groups is 1. The van der Waals surface area contributed by atoms with Crippen LogP contribution in [0.15, 0.2) is 12.2 Å². The fourth-order valence-electron chi connectivity index (χ4n) is 0.350. The van der Waals surface area contributed by atoms with Crippen LogP contribution >= 0.6 is 24.2 Å². The second kappa shape index (κ2) is 2.33. The molecule has 0 unspecified atom stereocenters. The molecule has 0 saturated heterocycles. The minimum atomic E-state index is 0.830. The van der Waals surface area contributed by atoms with E-state index >= 15 is 0 Å². The fraction of sp³-hybridized carbons (Fsp3) is 0.250. The quantitative estimate of drug-likeness (QED) is 0.391. The van der Waals surface area contributed by atoms with Crippen LogP contribution in [0.1, 0.15) is 0 Å². The third-order valence-electron chi connectivity index (χ3n) is 0.622. The van der Waals surface area contributed by atoms with Crippen LogP contribution in [0.25, 0.3) is 0 Å². The van der Waals surface area contributed by atoms with E-state index in [1.165, 1.54) is 0 Å². The maximum Gasteiger partial charge on any atom is 0.108 e. The highest BCUT2D eigenvalue weighted by Crippen LogP contribution is 1.99. The summed E-state index contributed by atoms with van der Waals surface area (Å²) in [6, 6.07) is 0. The first-order chi connectivity index (χ1) is 3.39. The first-order valence-corrected chi connectivity index (χ1v) is 3.37. The summed E-state index contributed by atoms with van der Waals surface area (Å²) in [6.45, 7) is 0. The van der Waals surface area contributed by atoms with Crippen molar-refractivity contribution in [2.45, 2.75) is 0 Å². The van der Waals surface area contributed by atoms with E-state index in [-0.39, 0.29) is 0 Å². The molecule has 0 fully saturated rings. The topological polar surface area (TPSA) is 12.0 Å². The Morgan fingerprint density at radius 1 is 1.86 bits per heavy atom. The first kappa shape index (κ1) is 5.12. The van der Waals surface area contributed by atoms with Crippen molar-refractivity contribution >= 4 is 29.2 Å². The Bertz CT molecular complexity index is 108. The lowest BCUT2D eigenvalue weighted by molar-refractivity contribution is 1.53. The van der Waals surface area contributed by atoms with Crippen molar-refractivity contribution < 1.29 is 0 Å². The van der Waals surface area contributed by atoms with Gasteiger partial charge in [-0.05, 0) is 18.0 Å². The Morgan fingerprint density at radius 3 is 3.00 bits per heavy atom. The molecular formula is C4H5NS2. The van der Waals surface area contributed by atoms with Gasteiger partial charge in [-0.15, -0.1) is 0 Å². The van der Waals surface area contributed by atoms with Gasteiger partial charge in [0.05, 0.1) is 0 Å². The average Bonchev–Trinajstić information content (AvgIpc) is 1.69. The highest BCUT2D eigenvalue weighted by atomic mass is 32.2. The predicted molar refractivity (Wildman–Crippen MR) is 37.3 cm³/mol. The monoisotopic (exact) mass is 131 g/mol. The van der Waals surface area contributed by atoms with Crippen LogP contribution in [0.3, 0.4) is 0 Å². The molecule has 0 aromatic carbocycles. The van der Waals surface area contributed by atoms with Crippen LogP contribution in [0.2, 0.25) is 0 Å². The van der Waals surface area contributed by atoms with Crippen molar-refractivity contribution in [2.24, 2.45) is 0 Å². The van der Waals surface area contributed by atoms with E-state index in [2.05, 4.69) is 4.72 Å². The molecule has 1 rings (SSSR count). The van der Waals surface area contributed by atoms with Crippen molar-refractivity contribution in [3.63, 3.8) is 0 Å². The molecule has 0 radical (unpaired) electrons. The Hall–Kier alpha value is -0.0200. The van der Waals surface area contributed by atoms with E-state index in [1.54, 1.807) is 11.9 Å². The Kier molecular flexibility index (Phi) is 1.70. The van der Waals surface area contributed by atoms with Crippen molar-refractivity contribution in [1.82, 2.24) is 4.72 Å². The Labute approximate surface area is 52.3 Å². The van der Waals surface area contributed by atoms with Gasteiger partial charge in [0.15, 0.2) is 0 Å². The molecule has 1 N–H and O–H groups in total. The summed E-state index contributed by atoms with van der Waals surface area (Å²) in [6.07, 6.45) is 3.95. The Morgan fingerprint density at radius 2 is 2.71 bits per heavy atom. The zero-order chi connectivity index (χ0) is 5.11. The number of nitrogens with one attached hydrogen (secondary N) is 1. The van der Waals surface area contributed by atoms with Crippen molar-refractivity contribution in [2.75, 3.05) is 5.75 Å². The molecule has 0 spiro atoms. The van der Waals surface area contributed by atoms with Crippen molar-refractivity contribution in [1.29, 1.82) is 0 Å². The van der Waals surface area contributed by atoms with Crippen LogP contribution in [0.5, 0.6) is 0 Å². The van der Waals surface area contributed by atoms with Gasteiger partial charge >= 0.3 is 0 Å². The minimum Gasteiger partial charge on any atom is -0.321 e.